The summed E-state index contributed by atoms with van der Waals surface area (Å²) in [4.78, 5) is 0. The van der Waals surface area contributed by atoms with Crippen molar-refractivity contribution in [1.29, 1.82) is 0 Å². The van der Waals surface area contributed by atoms with Gasteiger partial charge in [0, 0.05) is 13.0 Å². The highest BCUT2D eigenvalue weighted by molar-refractivity contribution is 5.07. The zero-order chi connectivity index (χ0) is 9.31. The fraction of sp³-hybridized carbons (Fsp3) is 0.600. The normalized spacial score (nSPS) is 21.4. The molecule has 13 heavy (non-hydrogen) atoms. The summed E-state index contributed by atoms with van der Waals surface area (Å²) in [5, 5.41) is 0. The Bertz CT molecular complexity index is 268. The smallest absolute Gasteiger partial charge is 0.133 e. The second-order valence-electron chi connectivity index (χ2n) is 3.77. The maximum atomic E-state index is 14.1. The zero-order valence-electron chi connectivity index (χ0n) is 7.50. The monoisotopic (exact) mass is 183 g/mol. The van der Waals surface area contributed by atoms with Crippen LogP contribution in [0.3, 0.4) is 0 Å². The number of halogens is 1. The highest BCUT2D eigenvalue weighted by atomic mass is 19.1. The molecule has 2 rings (SSSR count). The largest absolute Gasteiger partial charge is 0.469 e. The van der Waals surface area contributed by atoms with Crippen LogP contribution in [0.1, 0.15) is 18.6 Å². The molecule has 1 aliphatic carbocycles. The highest BCUT2D eigenvalue weighted by Gasteiger charge is 2.45. The molecule has 0 spiro atoms. The summed E-state index contributed by atoms with van der Waals surface area (Å²) in [6, 6.07) is 3.57. The first-order chi connectivity index (χ1) is 6.24. The lowest BCUT2D eigenvalue weighted by Crippen LogP contribution is -2.37. The van der Waals surface area contributed by atoms with Crippen LogP contribution in [0.4, 0.5) is 4.39 Å². The number of nitrogens with two attached hydrogens (primary N) is 1. The lowest BCUT2D eigenvalue weighted by atomic mass is 9.95. The van der Waals surface area contributed by atoms with Crippen molar-refractivity contribution in [3.05, 3.63) is 24.2 Å². The first kappa shape index (κ1) is 8.75. The van der Waals surface area contributed by atoms with Gasteiger partial charge in [-0.2, -0.15) is 0 Å². The second-order valence-corrected chi connectivity index (χ2v) is 3.77. The van der Waals surface area contributed by atoms with Gasteiger partial charge in [0.1, 0.15) is 11.4 Å². The van der Waals surface area contributed by atoms with Gasteiger partial charge in [0.05, 0.1) is 6.26 Å². The summed E-state index contributed by atoms with van der Waals surface area (Å²) in [6.07, 6.45) is 3.82. The van der Waals surface area contributed by atoms with Gasteiger partial charge >= 0.3 is 0 Å². The van der Waals surface area contributed by atoms with Crippen LogP contribution in [0.5, 0.6) is 0 Å². The molecule has 1 atom stereocenters. The molecule has 0 radical (unpaired) electrons. The molecule has 0 amide bonds. The number of hydrogen-bond acceptors (Lipinski definition) is 2. The van der Waals surface area contributed by atoms with Crippen LogP contribution < -0.4 is 5.73 Å². The SMILES string of the molecule is NCC(F)(Cc1ccco1)C1CC1. The van der Waals surface area contributed by atoms with E-state index in [-0.39, 0.29) is 12.5 Å². The average molecular weight is 183 g/mol. The molecule has 1 fully saturated rings. The molecule has 0 bridgehead atoms. The van der Waals surface area contributed by atoms with Crippen molar-refractivity contribution < 1.29 is 8.81 Å². The summed E-state index contributed by atoms with van der Waals surface area (Å²) in [6.45, 7) is 0.0956. The lowest BCUT2D eigenvalue weighted by Gasteiger charge is -2.21. The first-order valence-electron chi connectivity index (χ1n) is 4.66. The Kier molecular flexibility index (Phi) is 2.12. The Balaban J connectivity index is 2.05. The van der Waals surface area contributed by atoms with Crippen molar-refractivity contribution in [2.24, 2.45) is 11.7 Å². The van der Waals surface area contributed by atoms with Gasteiger partial charge < -0.3 is 10.2 Å². The molecule has 1 saturated carbocycles. The van der Waals surface area contributed by atoms with E-state index in [1.165, 1.54) is 0 Å². The van der Waals surface area contributed by atoms with Gasteiger partial charge in [0.2, 0.25) is 0 Å². The fourth-order valence-electron chi connectivity index (χ4n) is 1.69. The lowest BCUT2D eigenvalue weighted by molar-refractivity contribution is 0.134. The Labute approximate surface area is 76.9 Å². The van der Waals surface area contributed by atoms with Gasteiger partial charge in [-0.15, -0.1) is 0 Å². The Morgan fingerprint density at radius 3 is 2.85 bits per heavy atom. The molecule has 0 aliphatic heterocycles. The highest BCUT2D eigenvalue weighted by Crippen LogP contribution is 2.43. The maximum Gasteiger partial charge on any atom is 0.133 e. The van der Waals surface area contributed by atoms with Crippen molar-refractivity contribution in [3.8, 4) is 0 Å². The van der Waals surface area contributed by atoms with E-state index < -0.39 is 5.67 Å². The van der Waals surface area contributed by atoms with Crippen molar-refractivity contribution in [1.82, 2.24) is 0 Å². The van der Waals surface area contributed by atoms with Gasteiger partial charge in [-0.1, -0.05) is 0 Å². The molecule has 0 saturated heterocycles. The minimum atomic E-state index is -1.24. The van der Waals surface area contributed by atoms with Crippen molar-refractivity contribution in [2.75, 3.05) is 6.54 Å². The van der Waals surface area contributed by atoms with Gasteiger partial charge in [-0.05, 0) is 30.9 Å². The van der Waals surface area contributed by atoms with Crippen molar-refractivity contribution in [3.63, 3.8) is 0 Å². The van der Waals surface area contributed by atoms with Crippen LogP contribution in [-0.4, -0.2) is 12.2 Å². The first-order valence-corrected chi connectivity index (χ1v) is 4.66. The third kappa shape index (κ3) is 1.75. The summed E-state index contributed by atoms with van der Waals surface area (Å²) < 4.78 is 19.2. The van der Waals surface area contributed by atoms with Crippen molar-refractivity contribution in [2.45, 2.75) is 24.9 Å². The standard InChI is InChI=1S/C10H14FNO/c11-10(7-12,8-3-4-8)6-9-2-1-5-13-9/h1-2,5,8H,3-4,6-7,12H2. The number of furan rings is 1. The predicted octanol–water partition coefficient (Wildman–Crippen LogP) is 1.90. The molecular formula is C10H14FNO. The van der Waals surface area contributed by atoms with E-state index in [1.54, 1.807) is 18.4 Å². The predicted molar refractivity (Wildman–Crippen MR) is 48.0 cm³/mol. The molecular weight excluding hydrogens is 169 g/mol. The summed E-state index contributed by atoms with van der Waals surface area (Å²) >= 11 is 0. The zero-order valence-corrected chi connectivity index (χ0v) is 7.50. The summed E-state index contributed by atoms with van der Waals surface area (Å²) in [5.41, 5.74) is 4.21. The quantitative estimate of drug-likeness (QED) is 0.774. The maximum absolute atomic E-state index is 14.1. The van der Waals surface area contributed by atoms with E-state index >= 15 is 0 Å². The third-order valence-corrected chi connectivity index (χ3v) is 2.70. The third-order valence-electron chi connectivity index (χ3n) is 2.70. The van der Waals surface area contributed by atoms with Gasteiger partial charge in [-0.25, -0.2) is 4.39 Å². The molecule has 1 aromatic heterocycles. The summed E-state index contributed by atoms with van der Waals surface area (Å²) in [7, 11) is 0. The minimum absolute atomic E-state index is 0.0956. The van der Waals surface area contributed by atoms with E-state index in [0.29, 0.717) is 12.2 Å². The molecule has 1 aliphatic rings. The molecule has 2 N–H and O–H groups in total. The van der Waals surface area contributed by atoms with E-state index in [0.717, 1.165) is 12.8 Å². The average Bonchev–Trinajstić information content (AvgIpc) is 2.88. The van der Waals surface area contributed by atoms with E-state index in [2.05, 4.69) is 0 Å². The Morgan fingerprint density at radius 2 is 2.38 bits per heavy atom. The Hall–Kier alpha value is -0.830. The van der Waals surface area contributed by atoms with E-state index in [9.17, 15) is 4.39 Å². The van der Waals surface area contributed by atoms with Gasteiger partial charge in [0.25, 0.3) is 0 Å². The van der Waals surface area contributed by atoms with Crippen LogP contribution >= 0.6 is 0 Å². The molecule has 0 aromatic carbocycles. The molecule has 2 nitrogen and oxygen atoms in total. The number of hydrogen-bond donors (Lipinski definition) is 1. The molecule has 1 heterocycles. The number of alkyl halides is 1. The molecule has 1 aromatic rings. The summed E-state index contributed by atoms with van der Waals surface area (Å²) in [5.74, 6) is 0.849. The van der Waals surface area contributed by atoms with Crippen LogP contribution in [0, 0.1) is 5.92 Å². The molecule has 1 unspecified atom stereocenters. The fourth-order valence-corrected chi connectivity index (χ4v) is 1.69. The minimum Gasteiger partial charge on any atom is -0.469 e. The Morgan fingerprint density at radius 1 is 1.62 bits per heavy atom. The van der Waals surface area contributed by atoms with Crippen LogP contribution in [0.15, 0.2) is 22.8 Å². The van der Waals surface area contributed by atoms with E-state index in [1.807, 2.05) is 0 Å². The topological polar surface area (TPSA) is 39.2 Å². The number of rotatable bonds is 4. The van der Waals surface area contributed by atoms with Crippen LogP contribution in [-0.2, 0) is 6.42 Å². The molecule has 72 valence electrons. The van der Waals surface area contributed by atoms with Crippen LogP contribution in [0.2, 0.25) is 0 Å². The second kappa shape index (κ2) is 3.14. The van der Waals surface area contributed by atoms with Crippen molar-refractivity contribution >= 4 is 0 Å². The molecule has 3 heteroatoms. The van der Waals surface area contributed by atoms with Crippen LogP contribution in [0.25, 0.3) is 0 Å². The van der Waals surface area contributed by atoms with E-state index in [4.69, 9.17) is 10.2 Å². The van der Waals surface area contributed by atoms with Gasteiger partial charge in [0.15, 0.2) is 0 Å². The van der Waals surface area contributed by atoms with Gasteiger partial charge in [-0.3, -0.25) is 0 Å².